The highest BCUT2D eigenvalue weighted by atomic mass is 16.1. The lowest BCUT2D eigenvalue weighted by molar-refractivity contribution is 0.0952. The summed E-state index contributed by atoms with van der Waals surface area (Å²) in [5.74, 6) is 0.0287. The Bertz CT molecular complexity index is 455. The Morgan fingerprint density at radius 3 is 2.90 bits per heavy atom. The maximum atomic E-state index is 12.1. The standard InChI is InChI=1S/C16H25N3O/c1-3-19(4-2)11-5-9-18-16(20)14-7-6-13-8-10-17-15(13)12-14/h6-7,12,17H,3-5,8-11H2,1-2H3,(H,18,20). The van der Waals surface area contributed by atoms with Crippen LogP contribution in [0.1, 0.15) is 36.2 Å². The number of fused-ring (bicyclic) bond motifs is 1. The number of nitrogens with one attached hydrogen (secondary N) is 2. The lowest BCUT2D eigenvalue weighted by Gasteiger charge is -2.17. The van der Waals surface area contributed by atoms with Gasteiger partial charge in [-0.3, -0.25) is 4.79 Å². The molecule has 4 nitrogen and oxygen atoms in total. The van der Waals surface area contributed by atoms with E-state index in [1.54, 1.807) is 0 Å². The first-order chi connectivity index (χ1) is 9.74. The summed E-state index contributed by atoms with van der Waals surface area (Å²) in [7, 11) is 0. The Hall–Kier alpha value is -1.55. The molecule has 1 aromatic carbocycles. The van der Waals surface area contributed by atoms with E-state index in [0.717, 1.165) is 56.8 Å². The number of carbonyl (C=O) groups is 1. The summed E-state index contributed by atoms with van der Waals surface area (Å²) in [6.07, 6.45) is 2.05. The van der Waals surface area contributed by atoms with E-state index in [1.807, 2.05) is 12.1 Å². The zero-order chi connectivity index (χ0) is 14.4. The fraction of sp³-hybridized carbons (Fsp3) is 0.562. The summed E-state index contributed by atoms with van der Waals surface area (Å²) in [6, 6.07) is 5.94. The second-order valence-electron chi connectivity index (χ2n) is 5.19. The summed E-state index contributed by atoms with van der Waals surface area (Å²) in [6.45, 7) is 9.23. The van der Waals surface area contributed by atoms with Gasteiger partial charge in [0.15, 0.2) is 0 Å². The summed E-state index contributed by atoms with van der Waals surface area (Å²) in [5.41, 5.74) is 3.17. The van der Waals surface area contributed by atoms with Crippen LogP contribution in [0.25, 0.3) is 0 Å². The molecule has 0 saturated carbocycles. The van der Waals surface area contributed by atoms with E-state index in [1.165, 1.54) is 5.56 Å². The predicted molar refractivity (Wildman–Crippen MR) is 83.4 cm³/mol. The van der Waals surface area contributed by atoms with Gasteiger partial charge in [0.05, 0.1) is 0 Å². The third-order valence-electron chi connectivity index (χ3n) is 3.91. The van der Waals surface area contributed by atoms with Crippen molar-refractivity contribution in [3.05, 3.63) is 29.3 Å². The Kier molecular flexibility index (Phi) is 5.41. The van der Waals surface area contributed by atoms with E-state index in [0.29, 0.717) is 0 Å². The van der Waals surface area contributed by atoms with Crippen LogP contribution in [0.15, 0.2) is 18.2 Å². The minimum atomic E-state index is 0.0287. The van der Waals surface area contributed by atoms with Gasteiger partial charge in [-0.25, -0.2) is 0 Å². The molecule has 1 aliphatic heterocycles. The molecule has 0 aromatic heterocycles. The van der Waals surface area contributed by atoms with Gasteiger partial charge >= 0.3 is 0 Å². The van der Waals surface area contributed by atoms with Crippen molar-refractivity contribution in [1.29, 1.82) is 0 Å². The number of carbonyl (C=O) groups excluding carboxylic acids is 1. The smallest absolute Gasteiger partial charge is 0.251 e. The van der Waals surface area contributed by atoms with Crippen molar-refractivity contribution in [3.8, 4) is 0 Å². The highest BCUT2D eigenvalue weighted by Gasteiger charge is 2.13. The summed E-state index contributed by atoms with van der Waals surface area (Å²) in [4.78, 5) is 14.4. The van der Waals surface area contributed by atoms with Crippen molar-refractivity contribution >= 4 is 11.6 Å². The molecule has 0 aliphatic carbocycles. The third kappa shape index (κ3) is 3.73. The number of benzene rings is 1. The molecule has 4 heteroatoms. The first-order valence-corrected chi connectivity index (χ1v) is 7.62. The van der Waals surface area contributed by atoms with Crippen molar-refractivity contribution in [3.63, 3.8) is 0 Å². The van der Waals surface area contributed by atoms with Crippen LogP contribution in [0.3, 0.4) is 0 Å². The Labute approximate surface area is 121 Å². The average molecular weight is 275 g/mol. The van der Waals surface area contributed by atoms with Gasteiger partial charge in [-0.15, -0.1) is 0 Å². The Balaban J connectivity index is 1.77. The van der Waals surface area contributed by atoms with Crippen LogP contribution in [0.5, 0.6) is 0 Å². The van der Waals surface area contributed by atoms with Crippen molar-refractivity contribution in [2.24, 2.45) is 0 Å². The minimum absolute atomic E-state index is 0.0287. The molecule has 0 fully saturated rings. The maximum absolute atomic E-state index is 12.1. The van der Waals surface area contributed by atoms with Crippen LogP contribution in [0.2, 0.25) is 0 Å². The summed E-state index contributed by atoms with van der Waals surface area (Å²) >= 11 is 0. The van der Waals surface area contributed by atoms with Gasteiger partial charge in [0.25, 0.3) is 5.91 Å². The largest absolute Gasteiger partial charge is 0.384 e. The molecule has 2 rings (SSSR count). The van der Waals surface area contributed by atoms with Crippen LogP contribution in [-0.2, 0) is 6.42 Å². The lowest BCUT2D eigenvalue weighted by atomic mass is 10.1. The second kappa shape index (κ2) is 7.29. The Morgan fingerprint density at radius 1 is 1.35 bits per heavy atom. The first-order valence-electron chi connectivity index (χ1n) is 7.62. The molecule has 1 aliphatic rings. The molecule has 0 radical (unpaired) electrons. The molecule has 110 valence electrons. The quantitative estimate of drug-likeness (QED) is 0.749. The normalized spacial score (nSPS) is 13.2. The van der Waals surface area contributed by atoms with Gasteiger partial charge in [-0.2, -0.15) is 0 Å². The SMILES string of the molecule is CCN(CC)CCCNC(=O)c1ccc2c(c1)NCC2. The van der Waals surface area contributed by atoms with Crippen molar-refractivity contribution in [1.82, 2.24) is 10.2 Å². The van der Waals surface area contributed by atoms with E-state index in [9.17, 15) is 4.79 Å². The number of hydrogen-bond donors (Lipinski definition) is 2. The molecule has 2 N–H and O–H groups in total. The van der Waals surface area contributed by atoms with Crippen LogP contribution < -0.4 is 10.6 Å². The van der Waals surface area contributed by atoms with Gasteiger partial charge in [-0.1, -0.05) is 19.9 Å². The monoisotopic (exact) mass is 275 g/mol. The van der Waals surface area contributed by atoms with E-state index >= 15 is 0 Å². The van der Waals surface area contributed by atoms with E-state index in [4.69, 9.17) is 0 Å². The van der Waals surface area contributed by atoms with Crippen molar-refractivity contribution in [2.75, 3.05) is 38.0 Å². The third-order valence-corrected chi connectivity index (χ3v) is 3.91. The Morgan fingerprint density at radius 2 is 2.15 bits per heavy atom. The van der Waals surface area contributed by atoms with Crippen molar-refractivity contribution < 1.29 is 4.79 Å². The fourth-order valence-electron chi connectivity index (χ4n) is 2.58. The average Bonchev–Trinajstić information content (AvgIpc) is 2.94. The van der Waals surface area contributed by atoms with Crippen LogP contribution in [0, 0.1) is 0 Å². The number of anilines is 1. The molecule has 0 saturated heterocycles. The number of hydrogen-bond acceptors (Lipinski definition) is 3. The van der Waals surface area contributed by atoms with Crippen LogP contribution in [0.4, 0.5) is 5.69 Å². The van der Waals surface area contributed by atoms with Crippen LogP contribution >= 0.6 is 0 Å². The van der Waals surface area contributed by atoms with Gasteiger partial charge in [0.1, 0.15) is 0 Å². The number of rotatable bonds is 7. The zero-order valence-electron chi connectivity index (χ0n) is 12.5. The zero-order valence-corrected chi connectivity index (χ0v) is 12.5. The van der Waals surface area contributed by atoms with Gasteiger partial charge in [0.2, 0.25) is 0 Å². The summed E-state index contributed by atoms with van der Waals surface area (Å²) < 4.78 is 0. The molecular weight excluding hydrogens is 250 g/mol. The molecule has 0 bridgehead atoms. The second-order valence-corrected chi connectivity index (χ2v) is 5.19. The predicted octanol–water partition coefficient (Wildman–Crippen LogP) is 2.12. The highest BCUT2D eigenvalue weighted by molar-refractivity contribution is 5.95. The van der Waals surface area contributed by atoms with Gasteiger partial charge < -0.3 is 15.5 Å². The van der Waals surface area contributed by atoms with E-state index in [-0.39, 0.29) is 5.91 Å². The summed E-state index contributed by atoms with van der Waals surface area (Å²) in [5, 5.41) is 6.31. The van der Waals surface area contributed by atoms with E-state index in [2.05, 4.69) is 35.4 Å². The molecule has 1 heterocycles. The molecule has 1 amide bonds. The number of amides is 1. The van der Waals surface area contributed by atoms with Crippen LogP contribution in [-0.4, -0.2) is 43.5 Å². The fourth-order valence-corrected chi connectivity index (χ4v) is 2.58. The van der Waals surface area contributed by atoms with Gasteiger partial charge in [-0.05, 0) is 50.2 Å². The van der Waals surface area contributed by atoms with E-state index < -0.39 is 0 Å². The molecule has 1 aromatic rings. The minimum Gasteiger partial charge on any atom is -0.384 e. The molecule has 0 spiro atoms. The number of nitrogens with zero attached hydrogens (tertiary/aromatic N) is 1. The topological polar surface area (TPSA) is 44.4 Å². The van der Waals surface area contributed by atoms with Crippen molar-refractivity contribution in [2.45, 2.75) is 26.7 Å². The maximum Gasteiger partial charge on any atom is 0.251 e. The molecule has 0 atom stereocenters. The highest BCUT2D eigenvalue weighted by Crippen LogP contribution is 2.23. The molecule has 0 unspecified atom stereocenters. The molecule has 20 heavy (non-hydrogen) atoms. The van der Waals surface area contributed by atoms with Gasteiger partial charge in [0, 0.05) is 24.3 Å². The molecular formula is C16H25N3O. The lowest BCUT2D eigenvalue weighted by Crippen LogP contribution is -2.29. The first kappa shape index (κ1) is 14.9.